The summed E-state index contributed by atoms with van der Waals surface area (Å²) in [5.41, 5.74) is 5.99. The third-order valence-electron chi connectivity index (χ3n) is 2.54. The van der Waals surface area contributed by atoms with Gasteiger partial charge in [0.1, 0.15) is 11.9 Å². The topological polar surface area (TPSA) is 82.3 Å². The van der Waals surface area contributed by atoms with Crippen molar-refractivity contribution in [3.63, 3.8) is 0 Å². The lowest BCUT2D eigenvalue weighted by Crippen LogP contribution is -2.17. The smallest absolute Gasteiger partial charge is 0.154 e. The largest absolute Gasteiger partial charge is 0.488 e. The molecule has 1 saturated heterocycles. The van der Waals surface area contributed by atoms with Gasteiger partial charge in [-0.25, -0.2) is 8.42 Å². The van der Waals surface area contributed by atoms with Crippen molar-refractivity contribution in [3.05, 3.63) is 24.0 Å². The fourth-order valence-corrected chi connectivity index (χ4v) is 3.34. The van der Waals surface area contributed by atoms with Gasteiger partial charge in [0.25, 0.3) is 0 Å². The quantitative estimate of drug-likeness (QED) is 0.759. The highest BCUT2D eigenvalue weighted by Gasteiger charge is 2.29. The van der Waals surface area contributed by atoms with Crippen LogP contribution in [0.1, 0.15) is 12.0 Å². The molecule has 0 bridgehead atoms. The molecule has 0 amide bonds. The average Bonchev–Trinajstić information content (AvgIpc) is 2.66. The van der Waals surface area contributed by atoms with E-state index in [1.165, 1.54) is 0 Å². The van der Waals surface area contributed by atoms with E-state index in [4.69, 9.17) is 10.5 Å². The van der Waals surface area contributed by atoms with E-state index in [0.29, 0.717) is 17.7 Å². The molecule has 96 valence electrons. The number of pyridine rings is 1. The molecule has 6 heteroatoms. The molecule has 1 aliphatic rings. The predicted molar refractivity (Wildman–Crippen MR) is 67.9 cm³/mol. The van der Waals surface area contributed by atoms with Crippen molar-refractivity contribution in [2.24, 2.45) is 5.73 Å². The normalized spacial score (nSPS) is 21.1. The number of hydrogen-bond acceptors (Lipinski definition) is 5. The van der Waals surface area contributed by atoms with Crippen LogP contribution in [0.2, 0.25) is 0 Å². The lowest BCUT2D eigenvalue weighted by molar-refractivity contribution is 0.228. The molecule has 1 aliphatic heterocycles. The molecule has 0 aromatic carbocycles. The molecule has 0 radical (unpaired) electrons. The zero-order valence-electron chi connectivity index (χ0n) is 9.80. The minimum Gasteiger partial charge on any atom is -0.488 e. The van der Waals surface area contributed by atoms with Crippen molar-refractivity contribution in [1.29, 1.82) is 0 Å². The van der Waals surface area contributed by atoms with Crippen LogP contribution in [0, 0.1) is 11.8 Å². The van der Waals surface area contributed by atoms with Crippen LogP contribution in [0.3, 0.4) is 0 Å². The van der Waals surface area contributed by atoms with Gasteiger partial charge in [0.2, 0.25) is 0 Å². The molecule has 1 unspecified atom stereocenters. The van der Waals surface area contributed by atoms with Gasteiger partial charge in [0.15, 0.2) is 9.84 Å². The molecular weight excluding hydrogens is 252 g/mol. The molecule has 2 heterocycles. The van der Waals surface area contributed by atoms with E-state index < -0.39 is 9.84 Å². The summed E-state index contributed by atoms with van der Waals surface area (Å²) >= 11 is 0. The fraction of sp³-hybridized carbons (Fsp3) is 0.417. The Labute approximate surface area is 106 Å². The maximum absolute atomic E-state index is 11.3. The second-order valence-electron chi connectivity index (χ2n) is 4.06. The minimum absolute atomic E-state index is 0.0751. The first-order valence-electron chi connectivity index (χ1n) is 5.60. The first kappa shape index (κ1) is 12.9. The lowest BCUT2D eigenvalue weighted by atomic mass is 10.2. The number of sulfone groups is 1. The Morgan fingerprint density at radius 2 is 2.33 bits per heavy atom. The van der Waals surface area contributed by atoms with Crippen molar-refractivity contribution < 1.29 is 13.2 Å². The van der Waals surface area contributed by atoms with Crippen LogP contribution < -0.4 is 10.5 Å². The van der Waals surface area contributed by atoms with E-state index >= 15 is 0 Å². The Morgan fingerprint density at radius 3 is 3.00 bits per heavy atom. The van der Waals surface area contributed by atoms with Gasteiger partial charge in [-0.1, -0.05) is 11.8 Å². The van der Waals surface area contributed by atoms with Crippen molar-refractivity contribution in [2.45, 2.75) is 12.5 Å². The molecule has 2 N–H and O–H groups in total. The highest BCUT2D eigenvalue weighted by atomic mass is 32.2. The van der Waals surface area contributed by atoms with Gasteiger partial charge in [0, 0.05) is 11.8 Å². The Balaban J connectivity index is 2.06. The summed E-state index contributed by atoms with van der Waals surface area (Å²) < 4.78 is 28.2. The zero-order valence-corrected chi connectivity index (χ0v) is 10.6. The zero-order chi connectivity index (χ0) is 13.0. The summed E-state index contributed by atoms with van der Waals surface area (Å²) in [6, 6.07) is 1.74. The first-order valence-corrected chi connectivity index (χ1v) is 7.42. The van der Waals surface area contributed by atoms with Crippen LogP contribution >= 0.6 is 0 Å². The first-order chi connectivity index (χ1) is 8.59. The third-order valence-corrected chi connectivity index (χ3v) is 4.28. The molecule has 1 aromatic rings. The van der Waals surface area contributed by atoms with E-state index in [0.717, 1.165) is 0 Å². The van der Waals surface area contributed by atoms with Crippen LogP contribution in [-0.2, 0) is 9.84 Å². The standard InChI is InChI=1S/C12H14N2O3S/c13-4-1-2-10-6-12(8-14-7-10)17-11-3-5-18(15,16)9-11/h6-8,11H,3-5,9,13H2. The summed E-state index contributed by atoms with van der Waals surface area (Å²) in [6.45, 7) is 0.284. The molecule has 1 fully saturated rings. The maximum atomic E-state index is 11.3. The van der Waals surface area contributed by atoms with E-state index in [2.05, 4.69) is 16.8 Å². The fourth-order valence-electron chi connectivity index (χ4n) is 1.75. The van der Waals surface area contributed by atoms with Crippen LogP contribution in [-0.4, -0.2) is 37.6 Å². The predicted octanol–water partition coefficient (Wildman–Crippen LogP) is -0.0423. The van der Waals surface area contributed by atoms with Crippen LogP contribution in [0.4, 0.5) is 0 Å². The third kappa shape index (κ3) is 3.45. The maximum Gasteiger partial charge on any atom is 0.154 e. The SMILES string of the molecule is NCC#Cc1cncc(OC2CCS(=O)(=O)C2)c1. The number of ether oxygens (including phenoxy) is 1. The number of nitrogens with two attached hydrogens (primary N) is 1. The summed E-state index contributed by atoms with van der Waals surface area (Å²) in [5.74, 6) is 6.38. The van der Waals surface area contributed by atoms with Crippen molar-refractivity contribution in [3.8, 4) is 17.6 Å². The van der Waals surface area contributed by atoms with E-state index in [9.17, 15) is 8.42 Å². The number of nitrogens with zero attached hydrogens (tertiary/aromatic N) is 1. The van der Waals surface area contributed by atoms with E-state index in [1.807, 2.05) is 0 Å². The van der Waals surface area contributed by atoms with Gasteiger partial charge in [-0.05, 0) is 12.5 Å². The molecule has 0 saturated carbocycles. The lowest BCUT2D eigenvalue weighted by Gasteiger charge is -2.11. The molecular formula is C12H14N2O3S. The minimum atomic E-state index is -2.93. The Hall–Kier alpha value is -1.58. The summed E-state index contributed by atoms with van der Waals surface area (Å²) in [7, 11) is -2.93. The van der Waals surface area contributed by atoms with Crippen molar-refractivity contribution in [1.82, 2.24) is 4.98 Å². The second kappa shape index (κ2) is 5.38. The Bertz CT molecular complexity index is 587. The molecule has 18 heavy (non-hydrogen) atoms. The van der Waals surface area contributed by atoms with Crippen LogP contribution in [0.15, 0.2) is 18.5 Å². The van der Waals surface area contributed by atoms with E-state index in [1.54, 1.807) is 18.5 Å². The van der Waals surface area contributed by atoms with Crippen LogP contribution in [0.25, 0.3) is 0 Å². The number of aromatic nitrogens is 1. The number of hydrogen-bond donors (Lipinski definition) is 1. The highest BCUT2D eigenvalue weighted by molar-refractivity contribution is 7.91. The molecule has 1 atom stereocenters. The Kier molecular flexibility index (Phi) is 3.84. The number of rotatable bonds is 2. The van der Waals surface area contributed by atoms with Gasteiger partial charge in [-0.15, -0.1) is 0 Å². The molecule has 0 aliphatic carbocycles. The second-order valence-corrected chi connectivity index (χ2v) is 6.29. The van der Waals surface area contributed by atoms with Gasteiger partial charge < -0.3 is 10.5 Å². The van der Waals surface area contributed by atoms with Crippen molar-refractivity contribution in [2.75, 3.05) is 18.1 Å². The van der Waals surface area contributed by atoms with Gasteiger partial charge in [0.05, 0.1) is 24.2 Å². The highest BCUT2D eigenvalue weighted by Crippen LogP contribution is 2.19. The average molecular weight is 266 g/mol. The Morgan fingerprint density at radius 1 is 1.50 bits per heavy atom. The molecule has 0 spiro atoms. The molecule has 5 nitrogen and oxygen atoms in total. The summed E-state index contributed by atoms with van der Waals surface area (Å²) in [6.07, 6.45) is 3.41. The van der Waals surface area contributed by atoms with Crippen LogP contribution in [0.5, 0.6) is 5.75 Å². The summed E-state index contributed by atoms with van der Waals surface area (Å²) in [4.78, 5) is 4.00. The van der Waals surface area contributed by atoms with Gasteiger partial charge >= 0.3 is 0 Å². The van der Waals surface area contributed by atoms with Gasteiger partial charge in [-0.2, -0.15) is 0 Å². The van der Waals surface area contributed by atoms with E-state index in [-0.39, 0.29) is 24.2 Å². The summed E-state index contributed by atoms with van der Waals surface area (Å²) in [5, 5.41) is 0. The van der Waals surface area contributed by atoms with Crippen molar-refractivity contribution >= 4 is 9.84 Å². The van der Waals surface area contributed by atoms with Gasteiger partial charge in [-0.3, -0.25) is 4.98 Å². The molecule has 2 rings (SSSR count). The molecule has 1 aromatic heterocycles. The monoisotopic (exact) mass is 266 g/mol.